The lowest BCUT2D eigenvalue weighted by Gasteiger charge is -2.03. The highest BCUT2D eigenvalue weighted by atomic mass is 16.5. The fraction of sp³-hybridized carbons (Fsp3) is 0.231. The Morgan fingerprint density at radius 2 is 1.94 bits per heavy atom. The minimum absolute atomic E-state index is 0.561. The first-order valence-corrected chi connectivity index (χ1v) is 5.35. The van der Waals surface area contributed by atoms with Gasteiger partial charge in [-0.15, -0.1) is 0 Å². The van der Waals surface area contributed by atoms with Crippen molar-refractivity contribution in [2.45, 2.75) is 20.8 Å². The van der Waals surface area contributed by atoms with Crippen LogP contribution in [0.25, 0.3) is 0 Å². The van der Waals surface area contributed by atoms with Crippen molar-refractivity contribution in [3.05, 3.63) is 48.4 Å². The Hall–Kier alpha value is -1.90. The van der Waals surface area contributed by atoms with E-state index in [0.717, 1.165) is 11.3 Å². The molecule has 16 heavy (non-hydrogen) atoms. The zero-order valence-corrected chi connectivity index (χ0v) is 9.84. The van der Waals surface area contributed by atoms with Crippen molar-refractivity contribution < 1.29 is 4.74 Å². The largest absolute Gasteiger partial charge is 0.439 e. The summed E-state index contributed by atoms with van der Waals surface area (Å²) < 4.78 is 5.51. The average molecular weight is 216 g/mol. The molecule has 0 saturated carbocycles. The maximum atomic E-state index is 5.51. The van der Waals surface area contributed by atoms with Crippen molar-refractivity contribution in [2.24, 2.45) is 0 Å². The van der Waals surface area contributed by atoms with Gasteiger partial charge in [0, 0.05) is 12.3 Å². The molecule has 84 valence electrons. The minimum Gasteiger partial charge on any atom is -0.439 e. The van der Waals surface area contributed by atoms with E-state index in [1.165, 1.54) is 6.33 Å². The predicted molar refractivity (Wildman–Crippen MR) is 64.6 cm³/mol. The highest BCUT2D eigenvalue weighted by Gasteiger charge is 1.96. The second kappa shape index (κ2) is 6.56. The van der Waals surface area contributed by atoms with Crippen LogP contribution in [0.1, 0.15) is 19.4 Å². The van der Waals surface area contributed by atoms with E-state index in [4.69, 9.17) is 4.74 Å². The van der Waals surface area contributed by atoms with Crippen molar-refractivity contribution in [3.8, 4) is 11.6 Å². The molecule has 0 aliphatic carbocycles. The summed E-state index contributed by atoms with van der Waals surface area (Å²) in [4.78, 5) is 7.78. The molecule has 3 heteroatoms. The first kappa shape index (κ1) is 12.2. The molecule has 0 atom stereocenters. The van der Waals surface area contributed by atoms with Crippen LogP contribution in [0, 0.1) is 6.92 Å². The van der Waals surface area contributed by atoms with Crippen LogP contribution in [0.15, 0.2) is 42.9 Å². The highest BCUT2D eigenvalue weighted by Crippen LogP contribution is 2.18. The molecule has 0 aliphatic heterocycles. The van der Waals surface area contributed by atoms with Gasteiger partial charge in [0.1, 0.15) is 12.1 Å². The molecule has 2 rings (SSSR count). The Morgan fingerprint density at radius 3 is 2.56 bits per heavy atom. The van der Waals surface area contributed by atoms with Gasteiger partial charge in [0.25, 0.3) is 0 Å². The Balaban J connectivity index is 0.000000606. The molecule has 0 N–H and O–H groups in total. The molecule has 0 spiro atoms. The van der Waals surface area contributed by atoms with Gasteiger partial charge in [-0.1, -0.05) is 26.0 Å². The Bertz CT molecular complexity index is 415. The lowest BCUT2D eigenvalue weighted by Crippen LogP contribution is -1.87. The third-order valence-electron chi connectivity index (χ3n) is 1.77. The van der Waals surface area contributed by atoms with E-state index in [1.807, 2.05) is 45.0 Å². The quantitative estimate of drug-likeness (QED) is 0.769. The van der Waals surface area contributed by atoms with E-state index in [-0.39, 0.29) is 0 Å². The lowest BCUT2D eigenvalue weighted by atomic mass is 10.2. The fourth-order valence-corrected chi connectivity index (χ4v) is 1.14. The number of benzene rings is 1. The van der Waals surface area contributed by atoms with Crippen molar-refractivity contribution in [1.29, 1.82) is 0 Å². The van der Waals surface area contributed by atoms with Crippen molar-refractivity contribution in [3.63, 3.8) is 0 Å². The predicted octanol–water partition coefficient (Wildman–Crippen LogP) is 3.60. The summed E-state index contributed by atoms with van der Waals surface area (Å²) in [5.74, 6) is 1.36. The molecule has 1 heterocycles. The summed E-state index contributed by atoms with van der Waals surface area (Å²) in [6.45, 7) is 6.02. The van der Waals surface area contributed by atoms with Gasteiger partial charge in [-0.2, -0.15) is 0 Å². The number of hydrogen-bond acceptors (Lipinski definition) is 3. The molecule has 3 nitrogen and oxygen atoms in total. The number of aryl methyl sites for hydroxylation is 1. The summed E-state index contributed by atoms with van der Waals surface area (Å²) in [5, 5.41) is 0. The highest BCUT2D eigenvalue weighted by molar-refractivity contribution is 5.30. The number of rotatable bonds is 2. The first-order chi connectivity index (χ1) is 7.84. The average Bonchev–Trinajstić information content (AvgIpc) is 2.33. The molecule has 0 bridgehead atoms. The molecule has 0 unspecified atom stereocenters. The van der Waals surface area contributed by atoms with Crippen molar-refractivity contribution in [1.82, 2.24) is 9.97 Å². The van der Waals surface area contributed by atoms with Gasteiger partial charge in [0.05, 0.1) is 0 Å². The second-order valence-electron chi connectivity index (χ2n) is 2.97. The van der Waals surface area contributed by atoms with Gasteiger partial charge in [-0.05, 0) is 24.6 Å². The summed E-state index contributed by atoms with van der Waals surface area (Å²) in [6, 6.07) is 9.55. The standard InChI is InChI=1S/C11H10N2O.C2H6/c1-9-3-2-4-10(7-9)14-11-5-6-12-8-13-11;1-2/h2-8H,1H3;1-2H3. The maximum Gasteiger partial charge on any atom is 0.222 e. The van der Waals surface area contributed by atoms with Crippen molar-refractivity contribution >= 4 is 0 Å². The van der Waals surface area contributed by atoms with E-state index in [2.05, 4.69) is 9.97 Å². The van der Waals surface area contributed by atoms with Crippen LogP contribution in [0.2, 0.25) is 0 Å². The molecule has 1 aromatic carbocycles. The van der Waals surface area contributed by atoms with Gasteiger partial charge < -0.3 is 4.74 Å². The van der Waals surface area contributed by atoms with E-state index in [1.54, 1.807) is 12.3 Å². The fourth-order valence-electron chi connectivity index (χ4n) is 1.14. The summed E-state index contributed by atoms with van der Waals surface area (Å²) in [5.41, 5.74) is 1.16. The normalized spacial score (nSPS) is 8.94. The third kappa shape index (κ3) is 3.69. The van der Waals surface area contributed by atoms with Gasteiger partial charge in [0.15, 0.2) is 0 Å². The van der Waals surface area contributed by atoms with E-state index < -0.39 is 0 Å². The molecular weight excluding hydrogens is 200 g/mol. The van der Waals surface area contributed by atoms with Gasteiger partial charge in [0.2, 0.25) is 5.88 Å². The van der Waals surface area contributed by atoms with Crippen LogP contribution in [0.3, 0.4) is 0 Å². The van der Waals surface area contributed by atoms with Crippen LogP contribution < -0.4 is 4.74 Å². The third-order valence-corrected chi connectivity index (χ3v) is 1.77. The Labute approximate surface area is 96.1 Å². The molecular formula is C13H16N2O. The molecule has 2 aromatic rings. The monoisotopic (exact) mass is 216 g/mol. The molecule has 1 aromatic heterocycles. The van der Waals surface area contributed by atoms with E-state index >= 15 is 0 Å². The Kier molecular flexibility index (Phi) is 4.99. The molecule has 0 radical (unpaired) electrons. The summed E-state index contributed by atoms with van der Waals surface area (Å²) in [7, 11) is 0. The van der Waals surface area contributed by atoms with E-state index in [9.17, 15) is 0 Å². The summed E-state index contributed by atoms with van der Waals surface area (Å²) in [6.07, 6.45) is 3.11. The Morgan fingerprint density at radius 1 is 1.12 bits per heavy atom. The topological polar surface area (TPSA) is 35.0 Å². The molecule has 0 saturated heterocycles. The zero-order valence-electron chi connectivity index (χ0n) is 9.84. The lowest BCUT2D eigenvalue weighted by molar-refractivity contribution is 0.461. The van der Waals surface area contributed by atoms with Gasteiger partial charge in [-0.3, -0.25) is 0 Å². The smallest absolute Gasteiger partial charge is 0.222 e. The number of ether oxygens (including phenoxy) is 1. The van der Waals surface area contributed by atoms with Crippen LogP contribution in [0.4, 0.5) is 0 Å². The number of hydrogen-bond donors (Lipinski definition) is 0. The minimum atomic E-state index is 0.561. The molecule has 0 fully saturated rings. The summed E-state index contributed by atoms with van der Waals surface area (Å²) >= 11 is 0. The van der Waals surface area contributed by atoms with Crippen LogP contribution in [-0.2, 0) is 0 Å². The van der Waals surface area contributed by atoms with E-state index in [0.29, 0.717) is 5.88 Å². The first-order valence-electron chi connectivity index (χ1n) is 5.35. The molecule has 0 aliphatic rings. The zero-order chi connectivity index (χ0) is 11.8. The van der Waals surface area contributed by atoms with Crippen LogP contribution >= 0.6 is 0 Å². The van der Waals surface area contributed by atoms with Crippen molar-refractivity contribution in [2.75, 3.05) is 0 Å². The van der Waals surface area contributed by atoms with Crippen LogP contribution in [-0.4, -0.2) is 9.97 Å². The molecule has 0 amide bonds. The van der Waals surface area contributed by atoms with Gasteiger partial charge >= 0.3 is 0 Å². The number of aromatic nitrogens is 2. The maximum absolute atomic E-state index is 5.51. The SMILES string of the molecule is CC.Cc1cccc(Oc2ccncn2)c1. The number of nitrogens with zero attached hydrogens (tertiary/aromatic N) is 2. The second-order valence-corrected chi connectivity index (χ2v) is 2.97. The van der Waals surface area contributed by atoms with Gasteiger partial charge in [-0.25, -0.2) is 9.97 Å². The van der Waals surface area contributed by atoms with Crippen LogP contribution in [0.5, 0.6) is 11.6 Å².